The fraction of sp³-hybridized carbons (Fsp3) is 0.368. The summed E-state index contributed by atoms with van der Waals surface area (Å²) < 4.78 is 12.6. The molecule has 0 spiro atoms. The third-order valence-electron chi connectivity index (χ3n) is 3.78. The van der Waals surface area contributed by atoms with Crippen molar-refractivity contribution in [1.29, 1.82) is 0 Å². The van der Waals surface area contributed by atoms with E-state index in [0.29, 0.717) is 30.3 Å². The molecule has 2 aromatic rings. The van der Waals surface area contributed by atoms with E-state index in [2.05, 4.69) is 5.32 Å². The predicted octanol–water partition coefficient (Wildman–Crippen LogP) is 2.67. The summed E-state index contributed by atoms with van der Waals surface area (Å²) in [4.78, 5) is 24.0. The number of carbonyl (C=O) groups is 1. The summed E-state index contributed by atoms with van der Waals surface area (Å²) >= 11 is 0. The van der Waals surface area contributed by atoms with Gasteiger partial charge in [0, 0.05) is 24.9 Å². The van der Waals surface area contributed by atoms with Gasteiger partial charge in [-0.15, -0.1) is 0 Å². The van der Waals surface area contributed by atoms with E-state index in [1.165, 1.54) is 10.6 Å². The second-order valence-electron chi connectivity index (χ2n) is 5.63. The van der Waals surface area contributed by atoms with Crippen LogP contribution in [-0.4, -0.2) is 23.7 Å². The largest absolute Gasteiger partial charge is 0.490 e. The van der Waals surface area contributed by atoms with Crippen LogP contribution in [0.3, 0.4) is 0 Å². The second-order valence-corrected chi connectivity index (χ2v) is 5.63. The lowest BCUT2D eigenvalue weighted by atomic mass is 10.1. The molecule has 0 bridgehead atoms. The normalized spacial score (nSPS) is 11.7. The van der Waals surface area contributed by atoms with Gasteiger partial charge >= 0.3 is 0 Å². The number of benzene rings is 1. The maximum Gasteiger partial charge on any atom is 0.252 e. The standard InChI is InChI=1S/C19H24N2O4/c1-5-24-16-8-7-14(11-17(16)25-6-2)13(3)20-19(23)15-9-10-21(4)18(22)12-15/h7-13H,5-6H2,1-4H3,(H,20,23). The Hall–Kier alpha value is -2.76. The van der Waals surface area contributed by atoms with Crippen LogP contribution >= 0.6 is 0 Å². The third-order valence-corrected chi connectivity index (χ3v) is 3.78. The lowest BCUT2D eigenvalue weighted by Gasteiger charge is -2.17. The molecule has 0 saturated heterocycles. The molecule has 0 aliphatic carbocycles. The van der Waals surface area contributed by atoms with E-state index in [9.17, 15) is 9.59 Å². The zero-order chi connectivity index (χ0) is 18.4. The van der Waals surface area contributed by atoms with Crippen molar-refractivity contribution >= 4 is 5.91 Å². The summed E-state index contributed by atoms with van der Waals surface area (Å²) in [7, 11) is 1.64. The average molecular weight is 344 g/mol. The first-order valence-corrected chi connectivity index (χ1v) is 8.33. The molecule has 1 aromatic carbocycles. The minimum atomic E-state index is -0.294. The third kappa shape index (κ3) is 4.62. The van der Waals surface area contributed by atoms with Gasteiger partial charge in [-0.2, -0.15) is 0 Å². The molecule has 1 heterocycles. The molecule has 25 heavy (non-hydrogen) atoms. The number of pyridine rings is 1. The molecule has 6 heteroatoms. The Balaban J connectivity index is 2.17. The van der Waals surface area contributed by atoms with Crippen molar-refractivity contribution in [2.45, 2.75) is 26.8 Å². The molecule has 0 saturated carbocycles. The number of aryl methyl sites for hydroxylation is 1. The van der Waals surface area contributed by atoms with E-state index in [1.807, 2.05) is 39.0 Å². The Morgan fingerprint density at radius 2 is 1.80 bits per heavy atom. The van der Waals surface area contributed by atoms with E-state index in [-0.39, 0.29) is 17.5 Å². The van der Waals surface area contributed by atoms with Crippen LogP contribution in [0.15, 0.2) is 41.3 Å². The Bertz CT molecular complexity index is 798. The Morgan fingerprint density at radius 3 is 2.44 bits per heavy atom. The number of ether oxygens (including phenoxy) is 2. The van der Waals surface area contributed by atoms with E-state index >= 15 is 0 Å². The highest BCUT2D eigenvalue weighted by atomic mass is 16.5. The molecule has 1 amide bonds. The summed E-state index contributed by atoms with van der Waals surface area (Å²) in [5, 5.41) is 2.90. The van der Waals surface area contributed by atoms with Gasteiger partial charge in [-0.05, 0) is 44.5 Å². The lowest BCUT2D eigenvalue weighted by Crippen LogP contribution is -2.28. The molecule has 1 atom stereocenters. The summed E-state index contributed by atoms with van der Waals surface area (Å²) in [6.45, 7) is 6.77. The van der Waals surface area contributed by atoms with Gasteiger partial charge < -0.3 is 19.4 Å². The van der Waals surface area contributed by atoms with Crippen LogP contribution in [0.4, 0.5) is 0 Å². The Labute approximate surface area is 147 Å². The van der Waals surface area contributed by atoms with Gasteiger partial charge in [-0.1, -0.05) is 6.07 Å². The highest BCUT2D eigenvalue weighted by Crippen LogP contribution is 2.30. The minimum Gasteiger partial charge on any atom is -0.490 e. The lowest BCUT2D eigenvalue weighted by molar-refractivity contribution is 0.0939. The highest BCUT2D eigenvalue weighted by molar-refractivity contribution is 5.94. The maximum absolute atomic E-state index is 12.4. The number of hydrogen-bond acceptors (Lipinski definition) is 4. The van der Waals surface area contributed by atoms with Gasteiger partial charge in [0.05, 0.1) is 19.3 Å². The van der Waals surface area contributed by atoms with Crippen LogP contribution < -0.4 is 20.3 Å². The monoisotopic (exact) mass is 344 g/mol. The molecular formula is C19H24N2O4. The topological polar surface area (TPSA) is 69.6 Å². The minimum absolute atomic E-state index is 0.222. The Kier molecular flexibility index (Phi) is 6.22. The molecule has 1 unspecified atom stereocenters. The molecule has 0 fully saturated rings. The molecule has 1 N–H and O–H groups in total. The molecule has 2 rings (SSSR count). The fourth-order valence-corrected chi connectivity index (χ4v) is 2.39. The van der Waals surface area contributed by atoms with Gasteiger partial charge in [-0.3, -0.25) is 9.59 Å². The predicted molar refractivity (Wildman–Crippen MR) is 96.3 cm³/mol. The molecule has 134 valence electrons. The number of hydrogen-bond donors (Lipinski definition) is 1. The van der Waals surface area contributed by atoms with Crippen molar-refractivity contribution in [2.24, 2.45) is 7.05 Å². The fourth-order valence-electron chi connectivity index (χ4n) is 2.39. The molecule has 1 aromatic heterocycles. The SMILES string of the molecule is CCOc1ccc(C(C)NC(=O)c2ccn(C)c(=O)c2)cc1OCC. The van der Waals surface area contributed by atoms with E-state index in [1.54, 1.807) is 19.3 Å². The summed E-state index contributed by atoms with van der Waals surface area (Å²) in [5.41, 5.74) is 1.01. The molecular weight excluding hydrogens is 320 g/mol. The smallest absolute Gasteiger partial charge is 0.252 e. The number of rotatable bonds is 7. The summed E-state index contributed by atoms with van der Waals surface area (Å²) in [6, 6.07) is 8.29. The number of aromatic nitrogens is 1. The van der Waals surface area contributed by atoms with Crippen LogP contribution in [0, 0.1) is 0 Å². The number of amides is 1. The van der Waals surface area contributed by atoms with Crippen molar-refractivity contribution in [2.75, 3.05) is 13.2 Å². The molecule has 0 aliphatic rings. The van der Waals surface area contributed by atoms with Crippen molar-refractivity contribution in [3.8, 4) is 11.5 Å². The number of nitrogens with one attached hydrogen (secondary N) is 1. The van der Waals surface area contributed by atoms with Crippen LogP contribution in [0.2, 0.25) is 0 Å². The maximum atomic E-state index is 12.4. The van der Waals surface area contributed by atoms with Crippen LogP contribution in [-0.2, 0) is 7.05 Å². The first kappa shape index (κ1) is 18.6. The van der Waals surface area contributed by atoms with Crippen molar-refractivity contribution in [1.82, 2.24) is 9.88 Å². The molecule has 6 nitrogen and oxygen atoms in total. The van der Waals surface area contributed by atoms with Gasteiger partial charge in [-0.25, -0.2) is 0 Å². The summed E-state index contributed by atoms with van der Waals surface area (Å²) in [5.74, 6) is 1.03. The highest BCUT2D eigenvalue weighted by Gasteiger charge is 2.15. The second kappa shape index (κ2) is 8.37. The van der Waals surface area contributed by atoms with Crippen LogP contribution in [0.1, 0.15) is 42.7 Å². The van der Waals surface area contributed by atoms with Crippen molar-refractivity contribution in [3.63, 3.8) is 0 Å². The van der Waals surface area contributed by atoms with Gasteiger partial charge in [0.1, 0.15) is 0 Å². The van der Waals surface area contributed by atoms with Crippen LogP contribution in [0.25, 0.3) is 0 Å². The first-order valence-electron chi connectivity index (χ1n) is 8.33. The number of nitrogens with zero attached hydrogens (tertiary/aromatic N) is 1. The van der Waals surface area contributed by atoms with Crippen molar-refractivity contribution < 1.29 is 14.3 Å². The zero-order valence-corrected chi connectivity index (χ0v) is 15.0. The van der Waals surface area contributed by atoms with Gasteiger partial charge in [0.2, 0.25) is 0 Å². The average Bonchev–Trinajstić information content (AvgIpc) is 2.59. The quantitative estimate of drug-likeness (QED) is 0.838. The zero-order valence-electron chi connectivity index (χ0n) is 15.0. The van der Waals surface area contributed by atoms with Gasteiger partial charge in [0.25, 0.3) is 11.5 Å². The Morgan fingerprint density at radius 1 is 1.12 bits per heavy atom. The van der Waals surface area contributed by atoms with E-state index < -0.39 is 0 Å². The molecule has 0 aliphatic heterocycles. The van der Waals surface area contributed by atoms with Crippen LogP contribution in [0.5, 0.6) is 11.5 Å². The molecule has 0 radical (unpaired) electrons. The summed E-state index contributed by atoms with van der Waals surface area (Å²) in [6.07, 6.45) is 1.58. The van der Waals surface area contributed by atoms with E-state index in [4.69, 9.17) is 9.47 Å². The van der Waals surface area contributed by atoms with Crippen molar-refractivity contribution in [3.05, 3.63) is 58.0 Å². The van der Waals surface area contributed by atoms with E-state index in [0.717, 1.165) is 5.56 Å². The first-order chi connectivity index (χ1) is 12.0. The number of carbonyl (C=O) groups excluding carboxylic acids is 1. The van der Waals surface area contributed by atoms with Gasteiger partial charge in [0.15, 0.2) is 11.5 Å².